The Balaban J connectivity index is 2.68. The average molecular weight is 169 g/mol. The van der Waals surface area contributed by atoms with Crippen molar-refractivity contribution in [3.8, 4) is 0 Å². The Labute approximate surface area is 69.9 Å². The van der Waals surface area contributed by atoms with Crippen molar-refractivity contribution in [3.05, 3.63) is 0 Å². The van der Waals surface area contributed by atoms with Crippen LogP contribution in [0.1, 0.15) is 6.92 Å². The fourth-order valence-electron chi connectivity index (χ4n) is 0.937. The van der Waals surface area contributed by atoms with Crippen LogP contribution in [-0.4, -0.2) is 35.8 Å². The van der Waals surface area contributed by atoms with Crippen LogP contribution in [0.5, 0.6) is 0 Å². The van der Waals surface area contributed by atoms with Gasteiger partial charge in [0.25, 0.3) is 0 Å². The molecular weight excluding hydrogens is 158 g/mol. The molecule has 1 aliphatic rings. The van der Waals surface area contributed by atoms with E-state index in [1.54, 1.807) is 0 Å². The first-order valence-corrected chi connectivity index (χ1v) is 3.61. The maximum atomic E-state index is 10.7. The van der Waals surface area contributed by atoms with E-state index >= 15 is 0 Å². The number of amides is 1. The number of hydrogen-bond donors (Lipinski definition) is 3. The number of carbonyl (C=O) groups excluding carboxylic acids is 1. The van der Waals surface area contributed by atoms with E-state index in [0.717, 1.165) is 0 Å². The maximum Gasteiger partial charge on any atom is 0.248 e. The quantitative estimate of drug-likeness (QED) is 0.336. The highest BCUT2D eigenvalue weighted by molar-refractivity contribution is 6.08. The van der Waals surface area contributed by atoms with Gasteiger partial charge in [-0.3, -0.25) is 20.4 Å². The second-order valence-corrected chi connectivity index (χ2v) is 2.32. The zero-order chi connectivity index (χ0) is 9.14. The molecular formula is C6H11N5O. The molecule has 12 heavy (non-hydrogen) atoms. The van der Waals surface area contributed by atoms with Crippen molar-refractivity contribution in [3.63, 3.8) is 0 Å². The molecule has 0 radical (unpaired) electrons. The average Bonchev–Trinajstić information content (AvgIpc) is 2.37. The van der Waals surface area contributed by atoms with E-state index in [0.29, 0.717) is 12.5 Å². The number of nitrogens with zero attached hydrogens (tertiary/aromatic N) is 2. The highest BCUT2D eigenvalue weighted by atomic mass is 16.2. The third-order valence-corrected chi connectivity index (χ3v) is 1.49. The van der Waals surface area contributed by atoms with Crippen molar-refractivity contribution >= 4 is 17.8 Å². The molecule has 0 unspecified atom stereocenters. The molecule has 0 saturated heterocycles. The van der Waals surface area contributed by atoms with Crippen molar-refractivity contribution in [2.24, 2.45) is 10.7 Å². The van der Waals surface area contributed by atoms with Gasteiger partial charge in [0.2, 0.25) is 11.9 Å². The summed E-state index contributed by atoms with van der Waals surface area (Å²) in [6.07, 6.45) is 0. The third-order valence-electron chi connectivity index (χ3n) is 1.49. The summed E-state index contributed by atoms with van der Waals surface area (Å²) in [5.41, 5.74) is 5.25. The molecule has 1 rings (SSSR count). The van der Waals surface area contributed by atoms with Crippen molar-refractivity contribution in [2.45, 2.75) is 6.92 Å². The standard InChI is InChI=1S/C6H11N5O/c1-2-11(5(7)8)6-9-3-4(12)10-6/h2-3H2,1H3,(H3,7,8)(H,9,10,12). The van der Waals surface area contributed by atoms with Crippen LogP contribution in [0, 0.1) is 5.41 Å². The van der Waals surface area contributed by atoms with Gasteiger partial charge in [-0.15, -0.1) is 0 Å². The number of guanidine groups is 2. The number of nitrogens with two attached hydrogens (primary N) is 1. The van der Waals surface area contributed by atoms with Crippen LogP contribution in [0.25, 0.3) is 0 Å². The minimum atomic E-state index is -0.162. The number of aliphatic imine (C=N–C) groups is 1. The van der Waals surface area contributed by atoms with Crippen LogP contribution in [0.15, 0.2) is 4.99 Å². The molecule has 1 heterocycles. The smallest absolute Gasteiger partial charge is 0.248 e. The molecule has 1 aliphatic heterocycles. The summed E-state index contributed by atoms with van der Waals surface area (Å²) in [7, 11) is 0. The molecule has 0 aromatic heterocycles. The van der Waals surface area contributed by atoms with Crippen LogP contribution >= 0.6 is 0 Å². The van der Waals surface area contributed by atoms with E-state index in [9.17, 15) is 4.79 Å². The summed E-state index contributed by atoms with van der Waals surface area (Å²) in [5.74, 6) is 0.0955. The lowest BCUT2D eigenvalue weighted by molar-refractivity contribution is -0.117. The molecule has 4 N–H and O–H groups in total. The van der Waals surface area contributed by atoms with Crippen molar-refractivity contribution in [1.29, 1.82) is 5.41 Å². The summed E-state index contributed by atoms with van der Waals surface area (Å²) < 4.78 is 0. The van der Waals surface area contributed by atoms with Gasteiger partial charge in [0.1, 0.15) is 6.54 Å². The molecule has 0 aliphatic carbocycles. The van der Waals surface area contributed by atoms with Gasteiger partial charge in [-0.25, -0.2) is 4.99 Å². The molecule has 66 valence electrons. The lowest BCUT2D eigenvalue weighted by atomic mass is 10.6. The predicted octanol–water partition coefficient (Wildman–Crippen LogP) is -1.31. The Morgan fingerprint density at radius 3 is 2.92 bits per heavy atom. The molecule has 1 amide bonds. The van der Waals surface area contributed by atoms with Gasteiger partial charge in [-0.05, 0) is 6.92 Å². The number of rotatable bonds is 1. The summed E-state index contributed by atoms with van der Waals surface area (Å²) in [5, 5.41) is 9.66. The molecule has 0 saturated carbocycles. The Kier molecular flexibility index (Phi) is 2.27. The van der Waals surface area contributed by atoms with E-state index in [1.165, 1.54) is 4.90 Å². The van der Waals surface area contributed by atoms with E-state index in [1.807, 2.05) is 6.92 Å². The van der Waals surface area contributed by atoms with Gasteiger partial charge in [-0.2, -0.15) is 0 Å². The van der Waals surface area contributed by atoms with E-state index in [-0.39, 0.29) is 18.4 Å². The van der Waals surface area contributed by atoms with E-state index in [2.05, 4.69) is 10.3 Å². The predicted molar refractivity (Wildman–Crippen MR) is 44.7 cm³/mol. The first-order chi connectivity index (χ1) is 5.65. The molecule has 0 spiro atoms. The van der Waals surface area contributed by atoms with Gasteiger partial charge >= 0.3 is 0 Å². The Morgan fingerprint density at radius 2 is 2.58 bits per heavy atom. The lowest BCUT2D eigenvalue weighted by Crippen LogP contribution is -2.46. The fourth-order valence-corrected chi connectivity index (χ4v) is 0.937. The summed E-state index contributed by atoms with van der Waals surface area (Å²) in [6, 6.07) is 0. The Morgan fingerprint density at radius 1 is 1.92 bits per heavy atom. The van der Waals surface area contributed by atoms with E-state index < -0.39 is 0 Å². The van der Waals surface area contributed by atoms with Crippen LogP contribution in [0.2, 0.25) is 0 Å². The van der Waals surface area contributed by atoms with Crippen molar-refractivity contribution in [2.75, 3.05) is 13.1 Å². The topological polar surface area (TPSA) is 94.6 Å². The Hall–Kier alpha value is -1.59. The molecule has 0 fully saturated rings. The monoisotopic (exact) mass is 169 g/mol. The van der Waals surface area contributed by atoms with Gasteiger partial charge in [0, 0.05) is 6.54 Å². The largest absolute Gasteiger partial charge is 0.370 e. The summed E-state index contributed by atoms with van der Waals surface area (Å²) >= 11 is 0. The SMILES string of the molecule is CCN(C(=N)N)C1=NCC(=O)N1. The zero-order valence-electron chi connectivity index (χ0n) is 6.79. The van der Waals surface area contributed by atoms with Gasteiger partial charge < -0.3 is 5.73 Å². The number of carbonyl (C=O) groups is 1. The minimum absolute atomic E-state index is 0.113. The van der Waals surface area contributed by atoms with Crippen LogP contribution in [0.3, 0.4) is 0 Å². The summed E-state index contributed by atoms with van der Waals surface area (Å²) in [6.45, 7) is 2.47. The van der Waals surface area contributed by atoms with Gasteiger partial charge in [-0.1, -0.05) is 0 Å². The van der Waals surface area contributed by atoms with Crippen molar-refractivity contribution < 1.29 is 4.79 Å². The third kappa shape index (κ3) is 1.52. The molecule has 0 bridgehead atoms. The number of hydrogen-bond acceptors (Lipinski definition) is 3. The van der Waals surface area contributed by atoms with Crippen LogP contribution in [-0.2, 0) is 4.79 Å². The highest BCUT2D eigenvalue weighted by Crippen LogP contribution is 1.94. The fraction of sp³-hybridized carbons (Fsp3) is 0.500. The van der Waals surface area contributed by atoms with Crippen LogP contribution in [0.4, 0.5) is 0 Å². The lowest BCUT2D eigenvalue weighted by Gasteiger charge is -2.19. The molecule has 6 nitrogen and oxygen atoms in total. The molecule has 0 aromatic rings. The van der Waals surface area contributed by atoms with Gasteiger partial charge in [0.15, 0.2) is 5.96 Å². The number of nitrogens with one attached hydrogen (secondary N) is 2. The Bertz CT molecular complexity index is 246. The maximum absolute atomic E-state index is 10.7. The van der Waals surface area contributed by atoms with Crippen molar-refractivity contribution in [1.82, 2.24) is 10.2 Å². The minimum Gasteiger partial charge on any atom is -0.370 e. The van der Waals surface area contributed by atoms with Crippen LogP contribution < -0.4 is 11.1 Å². The second kappa shape index (κ2) is 3.21. The molecule has 0 aromatic carbocycles. The first-order valence-electron chi connectivity index (χ1n) is 3.61. The normalized spacial score (nSPS) is 15.4. The van der Waals surface area contributed by atoms with Gasteiger partial charge in [0.05, 0.1) is 0 Å². The molecule has 0 atom stereocenters. The molecule has 6 heteroatoms. The summed E-state index contributed by atoms with van der Waals surface area (Å²) in [4.78, 5) is 16.0. The zero-order valence-corrected chi connectivity index (χ0v) is 6.79. The second-order valence-electron chi connectivity index (χ2n) is 2.32. The van der Waals surface area contributed by atoms with E-state index in [4.69, 9.17) is 11.1 Å². The first kappa shape index (κ1) is 8.51. The highest BCUT2D eigenvalue weighted by Gasteiger charge is 2.19.